The van der Waals surface area contributed by atoms with E-state index in [-0.39, 0.29) is 24.9 Å². The number of benzene rings is 2. The summed E-state index contributed by atoms with van der Waals surface area (Å²) in [6.45, 7) is 3.57. The van der Waals surface area contributed by atoms with Gasteiger partial charge in [0.05, 0.1) is 18.6 Å². The first-order valence-corrected chi connectivity index (χ1v) is 11.1. The van der Waals surface area contributed by atoms with Crippen molar-refractivity contribution < 1.29 is 28.6 Å². The maximum absolute atomic E-state index is 13.1. The number of ether oxygens (including phenoxy) is 3. The molecule has 1 unspecified atom stereocenters. The summed E-state index contributed by atoms with van der Waals surface area (Å²) in [5, 5.41) is 2.81. The Morgan fingerprint density at radius 3 is 2.25 bits per heavy atom. The third-order valence-corrected chi connectivity index (χ3v) is 6.15. The molecule has 1 aliphatic heterocycles. The highest BCUT2D eigenvalue weighted by Crippen LogP contribution is 2.40. The van der Waals surface area contributed by atoms with E-state index in [0.29, 0.717) is 5.56 Å². The number of nitrogens with one attached hydrogen (secondary N) is 1. The zero-order chi connectivity index (χ0) is 23.1. The van der Waals surface area contributed by atoms with E-state index in [9.17, 15) is 14.4 Å². The minimum atomic E-state index is -1.23. The molecule has 0 saturated carbocycles. The van der Waals surface area contributed by atoms with Gasteiger partial charge >= 0.3 is 12.1 Å². The van der Waals surface area contributed by atoms with E-state index >= 15 is 0 Å². The van der Waals surface area contributed by atoms with Crippen molar-refractivity contribution in [3.8, 4) is 0 Å². The summed E-state index contributed by atoms with van der Waals surface area (Å²) in [5.74, 6) is -1.47. The minimum absolute atomic E-state index is 0.0557. The second-order valence-corrected chi connectivity index (χ2v) is 7.89. The lowest BCUT2D eigenvalue weighted by molar-refractivity contribution is -0.158. The predicted octanol–water partition coefficient (Wildman–Crippen LogP) is 3.27. The number of thiol groups is 1. The topological polar surface area (TPSA) is 90.9 Å². The second kappa shape index (κ2) is 10.5. The molecule has 1 N–H and O–H groups in total. The quantitative estimate of drug-likeness (QED) is 0.341. The molecule has 0 bridgehead atoms. The van der Waals surface area contributed by atoms with Gasteiger partial charge in [-0.15, -0.1) is 0 Å². The Labute approximate surface area is 192 Å². The van der Waals surface area contributed by atoms with Crippen molar-refractivity contribution in [3.63, 3.8) is 0 Å². The molecular formula is C24H27NO6S. The first-order valence-electron chi connectivity index (χ1n) is 10.4. The lowest BCUT2D eigenvalue weighted by Crippen LogP contribution is -2.72. The van der Waals surface area contributed by atoms with Gasteiger partial charge < -0.3 is 19.5 Å². The van der Waals surface area contributed by atoms with E-state index in [1.54, 1.807) is 26.0 Å². The van der Waals surface area contributed by atoms with Crippen molar-refractivity contribution in [1.82, 2.24) is 5.32 Å². The summed E-state index contributed by atoms with van der Waals surface area (Å²) in [4.78, 5) is 37.9. The van der Waals surface area contributed by atoms with Gasteiger partial charge in [0.25, 0.3) is 0 Å². The smallest absolute Gasteiger partial charge is 0.465 e. The molecule has 7 nitrogen and oxygen atoms in total. The number of esters is 1. The van der Waals surface area contributed by atoms with Crippen LogP contribution in [0.1, 0.15) is 25.0 Å². The zero-order valence-corrected chi connectivity index (χ0v) is 18.9. The van der Waals surface area contributed by atoms with Crippen LogP contribution in [0, 0.1) is 5.92 Å². The van der Waals surface area contributed by atoms with E-state index in [1.807, 2.05) is 48.5 Å². The van der Waals surface area contributed by atoms with Crippen molar-refractivity contribution in [3.05, 3.63) is 71.8 Å². The summed E-state index contributed by atoms with van der Waals surface area (Å²) in [6, 6.07) is 17.6. The molecule has 0 aliphatic carbocycles. The molecule has 1 amide bonds. The number of carbonyl (C=O) groups excluding carboxylic acids is 3. The highest BCUT2D eigenvalue weighted by atomic mass is 32.1. The van der Waals surface area contributed by atoms with Crippen LogP contribution < -0.4 is 5.32 Å². The Bertz CT molecular complexity index is 938. The normalized spacial score (nSPS) is 20.2. The van der Waals surface area contributed by atoms with Gasteiger partial charge in [0.2, 0.25) is 5.91 Å². The van der Waals surface area contributed by atoms with E-state index in [2.05, 4.69) is 17.9 Å². The van der Waals surface area contributed by atoms with Crippen LogP contribution in [0.25, 0.3) is 0 Å². The average Bonchev–Trinajstić information content (AvgIpc) is 2.79. The van der Waals surface area contributed by atoms with E-state index in [1.165, 1.54) is 0 Å². The SMILES string of the molecule is CCOC(=O)C(CS)(c1ccccc1)[C@H]1NC(=O)[C@@H]1[C@@H](C)OC(=O)OCc1ccccc1. The first kappa shape index (κ1) is 23.7. The summed E-state index contributed by atoms with van der Waals surface area (Å²) < 4.78 is 15.9. The zero-order valence-electron chi connectivity index (χ0n) is 18.0. The Morgan fingerprint density at radius 1 is 1.06 bits per heavy atom. The summed E-state index contributed by atoms with van der Waals surface area (Å²) in [5.41, 5.74) is 0.254. The van der Waals surface area contributed by atoms with Crippen molar-refractivity contribution in [2.24, 2.45) is 5.92 Å². The molecule has 3 rings (SSSR count). The number of β-lactam (4-membered cyclic amide) rings is 1. The molecule has 32 heavy (non-hydrogen) atoms. The number of hydrogen-bond donors (Lipinski definition) is 2. The lowest BCUT2D eigenvalue weighted by Gasteiger charge is -2.49. The lowest BCUT2D eigenvalue weighted by atomic mass is 9.65. The van der Waals surface area contributed by atoms with Crippen LogP contribution in [0.4, 0.5) is 4.79 Å². The highest BCUT2D eigenvalue weighted by Gasteiger charge is 2.60. The Balaban J connectivity index is 1.77. The fraction of sp³-hybridized carbons (Fsp3) is 0.375. The van der Waals surface area contributed by atoms with Crippen LogP contribution in [0.2, 0.25) is 0 Å². The molecule has 0 radical (unpaired) electrons. The highest BCUT2D eigenvalue weighted by molar-refractivity contribution is 7.80. The molecule has 8 heteroatoms. The fourth-order valence-corrected chi connectivity index (χ4v) is 4.47. The number of rotatable bonds is 9. The number of amides is 1. The molecule has 0 aromatic heterocycles. The van der Waals surface area contributed by atoms with Gasteiger partial charge in [-0.3, -0.25) is 9.59 Å². The third-order valence-electron chi connectivity index (χ3n) is 5.66. The summed E-state index contributed by atoms with van der Waals surface area (Å²) in [6.07, 6.45) is -1.71. The number of carbonyl (C=O) groups is 3. The average molecular weight is 458 g/mol. The van der Waals surface area contributed by atoms with Gasteiger partial charge in [0, 0.05) is 5.75 Å². The molecule has 4 atom stereocenters. The molecular weight excluding hydrogens is 430 g/mol. The van der Waals surface area contributed by atoms with Crippen LogP contribution >= 0.6 is 12.6 Å². The maximum Gasteiger partial charge on any atom is 0.508 e. The van der Waals surface area contributed by atoms with Gasteiger partial charge in [0.1, 0.15) is 18.1 Å². The number of hydrogen-bond acceptors (Lipinski definition) is 7. The Hall–Kier alpha value is -3.00. The molecule has 2 aromatic carbocycles. The Morgan fingerprint density at radius 2 is 1.69 bits per heavy atom. The Kier molecular flexibility index (Phi) is 7.80. The largest absolute Gasteiger partial charge is 0.508 e. The van der Waals surface area contributed by atoms with Gasteiger partial charge in [-0.25, -0.2) is 4.79 Å². The summed E-state index contributed by atoms with van der Waals surface area (Å²) in [7, 11) is 0. The molecule has 1 heterocycles. The van der Waals surface area contributed by atoms with Crippen molar-refractivity contribution >= 4 is 30.7 Å². The third kappa shape index (κ3) is 4.75. The van der Waals surface area contributed by atoms with E-state index in [4.69, 9.17) is 14.2 Å². The summed E-state index contributed by atoms with van der Waals surface area (Å²) >= 11 is 4.47. The van der Waals surface area contributed by atoms with Gasteiger partial charge in [-0.2, -0.15) is 12.6 Å². The van der Waals surface area contributed by atoms with Crippen LogP contribution in [0.15, 0.2) is 60.7 Å². The molecule has 1 aliphatic rings. The van der Waals surface area contributed by atoms with Crippen LogP contribution in [0.5, 0.6) is 0 Å². The van der Waals surface area contributed by atoms with Crippen molar-refractivity contribution in [2.75, 3.05) is 12.4 Å². The van der Waals surface area contributed by atoms with Crippen LogP contribution in [0.3, 0.4) is 0 Å². The van der Waals surface area contributed by atoms with Crippen LogP contribution in [-0.2, 0) is 35.8 Å². The first-order chi connectivity index (χ1) is 15.4. The van der Waals surface area contributed by atoms with Crippen molar-refractivity contribution in [2.45, 2.75) is 38.0 Å². The van der Waals surface area contributed by atoms with Crippen molar-refractivity contribution in [1.29, 1.82) is 0 Å². The predicted molar refractivity (Wildman–Crippen MR) is 121 cm³/mol. The minimum Gasteiger partial charge on any atom is -0.465 e. The van der Waals surface area contributed by atoms with E-state index in [0.717, 1.165) is 5.56 Å². The van der Waals surface area contributed by atoms with Gasteiger partial charge in [-0.1, -0.05) is 60.7 Å². The molecule has 1 fully saturated rings. The standard InChI is InChI=1S/C24H27NO6S/c1-3-29-22(27)24(15-32,18-12-8-5-9-13-18)20-19(21(26)25-20)16(2)31-23(28)30-14-17-10-6-4-7-11-17/h4-13,16,19-20,32H,3,14-15H2,1-2H3,(H,25,26)/t16-,19-,20+,24?/m1/s1. The monoisotopic (exact) mass is 457 g/mol. The maximum atomic E-state index is 13.1. The molecule has 0 spiro atoms. The fourth-order valence-electron chi connectivity index (χ4n) is 3.96. The molecule has 170 valence electrons. The van der Waals surface area contributed by atoms with Gasteiger partial charge in [-0.05, 0) is 25.0 Å². The van der Waals surface area contributed by atoms with Gasteiger partial charge in [0.15, 0.2) is 0 Å². The van der Waals surface area contributed by atoms with E-state index < -0.39 is 35.6 Å². The molecule has 1 saturated heterocycles. The molecule has 2 aromatic rings. The van der Waals surface area contributed by atoms with Crippen LogP contribution in [-0.4, -0.2) is 42.5 Å². The second-order valence-electron chi connectivity index (χ2n) is 7.58.